The largest absolute Gasteiger partial charge is 0.375 e. The lowest BCUT2D eigenvalue weighted by molar-refractivity contribution is 0.106. The van der Waals surface area contributed by atoms with Crippen molar-refractivity contribution in [3.63, 3.8) is 0 Å². The van der Waals surface area contributed by atoms with Gasteiger partial charge in [0.25, 0.3) is 0 Å². The van der Waals surface area contributed by atoms with Crippen LogP contribution in [0.2, 0.25) is 0 Å². The number of aromatic nitrogens is 1. The highest BCUT2D eigenvalue weighted by atomic mass is 32.1. The van der Waals surface area contributed by atoms with Crippen molar-refractivity contribution < 1.29 is 4.74 Å². The number of aryl methyl sites for hydroxylation is 2. The van der Waals surface area contributed by atoms with Crippen LogP contribution in [0.5, 0.6) is 0 Å². The van der Waals surface area contributed by atoms with Crippen molar-refractivity contribution in [1.82, 2.24) is 15.6 Å². The highest BCUT2D eigenvalue weighted by Crippen LogP contribution is 2.17. The van der Waals surface area contributed by atoms with Crippen LogP contribution in [0, 0.1) is 13.8 Å². The van der Waals surface area contributed by atoms with Gasteiger partial charge in [-0.05, 0) is 26.3 Å². The van der Waals surface area contributed by atoms with Crippen LogP contribution in [0.25, 0.3) is 0 Å². The number of nitrogens with zero attached hydrogens (tertiary/aromatic N) is 2. The van der Waals surface area contributed by atoms with E-state index in [1.807, 2.05) is 25.1 Å². The summed E-state index contributed by atoms with van der Waals surface area (Å²) in [5.41, 5.74) is 2.24. The Morgan fingerprint density at radius 2 is 2.00 bits per heavy atom. The van der Waals surface area contributed by atoms with Crippen LogP contribution in [0.15, 0.2) is 35.3 Å². The Morgan fingerprint density at radius 3 is 2.58 bits per heavy atom. The third kappa shape index (κ3) is 5.32. The Labute approximate surface area is 148 Å². The average Bonchev–Trinajstić information content (AvgIpc) is 2.92. The quantitative estimate of drug-likeness (QED) is 0.597. The van der Waals surface area contributed by atoms with E-state index in [0.717, 1.165) is 28.8 Å². The van der Waals surface area contributed by atoms with Gasteiger partial charge in [0, 0.05) is 25.1 Å². The van der Waals surface area contributed by atoms with Gasteiger partial charge in [-0.1, -0.05) is 30.3 Å². The van der Waals surface area contributed by atoms with Crippen LogP contribution < -0.4 is 10.6 Å². The summed E-state index contributed by atoms with van der Waals surface area (Å²) in [6, 6.07) is 10.2. The molecule has 1 atom stereocenters. The highest BCUT2D eigenvalue weighted by molar-refractivity contribution is 7.11. The van der Waals surface area contributed by atoms with Crippen LogP contribution in [0.3, 0.4) is 0 Å². The zero-order chi connectivity index (χ0) is 17.4. The molecule has 24 heavy (non-hydrogen) atoms. The van der Waals surface area contributed by atoms with Crippen molar-refractivity contribution in [1.29, 1.82) is 0 Å². The lowest BCUT2D eigenvalue weighted by Crippen LogP contribution is -2.39. The summed E-state index contributed by atoms with van der Waals surface area (Å²) in [7, 11) is 1.73. The SMILES string of the molecule is CCNC(=NCc1nc(C)c(C)s1)NCC(OC)c1ccccc1. The van der Waals surface area contributed by atoms with Crippen LogP contribution in [-0.2, 0) is 11.3 Å². The second-order valence-electron chi connectivity index (χ2n) is 5.46. The summed E-state index contributed by atoms with van der Waals surface area (Å²) in [5, 5.41) is 7.65. The van der Waals surface area contributed by atoms with E-state index in [-0.39, 0.29) is 6.10 Å². The summed E-state index contributed by atoms with van der Waals surface area (Å²) >= 11 is 1.70. The van der Waals surface area contributed by atoms with Crippen molar-refractivity contribution >= 4 is 17.3 Å². The molecule has 6 heteroatoms. The predicted octanol–water partition coefficient (Wildman–Crippen LogP) is 3.20. The van der Waals surface area contributed by atoms with Gasteiger partial charge in [0.2, 0.25) is 0 Å². The molecule has 5 nitrogen and oxygen atoms in total. The fraction of sp³-hybridized carbons (Fsp3) is 0.444. The van der Waals surface area contributed by atoms with Crippen LogP contribution in [0.1, 0.15) is 34.2 Å². The molecule has 2 aromatic rings. The first kappa shape index (κ1) is 18.4. The van der Waals surface area contributed by atoms with E-state index in [1.165, 1.54) is 4.88 Å². The third-order valence-electron chi connectivity index (χ3n) is 3.70. The van der Waals surface area contributed by atoms with Gasteiger partial charge < -0.3 is 15.4 Å². The van der Waals surface area contributed by atoms with Crippen LogP contribution >= 0.6 is 11.3 Å². The van der Waals surface area contributed by atoms with E-state index >= 15 is 0 Å². The normalized spacial score (nSPS) is 12.9. The number of hydrogen-bond donors (Lipinski definition) is 2. The molecule has 0 saturated carbocycles. The van der Waals surface area contributed by atoms with E-state index in [2.05, 4.69) is 46.6 Å². The molecule has 0 saturated heterocycles. The van der Waals surface area contributed by atoms with Crippen molar-refractivity contribution in [2.75, 3.05) is 20.2 Å². The van der Waals surface area contributed by atoms with Gasteiger partial charge in [0.1, 0.15) is 5.01 Å². The Kier molecular flexibility index (Phi) is 7.21. The number of thiazole rings is 1. The van der Waals surface area contributed by atoms with Gasteiger partial charge in [-0.25, -0.2) is 9.98 Å². The van der Waals surface area contributed by atoms with Gasteiger partial charge in [0.05, 0.1) is 18.3 Å². The predicted molar refractivity (Wildman–Crippen MR) is 101 cm³/mol. The van der Waals surface area contributed by atoms with E-state index in [4.69, 9.17) is 4.74 Å². The molecule has 2 rings (SSSR count). The Bertz CT molecular complexity index is 635. The van der Waals surface area contributed by atoms with Crippen molar-refractivity contribution in [3.8, 4) is 0 Å². The maximum Gasteiger partial charge on any atom is 0.191 e. The molecule has 0 fully saturated rings. The van der Waals surface area contributed by atoms with Gasteiger partial charge in [-0.3, -0.25) is 0 Å². The molecule has 0 aliphatic heterocycles. The molecule has 1 aromatic heterocycles. The number of hydrogen-bond acceptors (Lipinski definition) is 4. The zero-order valence-electron chi connectivity index (χ0n) is 14.8. The number of aliphatic imine (C=N–C) groups is 1. The van der Waals surface area contributed by atoms with Crippen molar-refractivity contribution in [2.24, 2.45) is 4.99 Å². The van der Waals surface area contributed by atoms with E-state index in [0.29, 0.717) is 13.1 Å². The summed E-state index contributed by atoms with van der Waals surface area (Å²) in [6.07, 6.45) is -0.0144. The standard InChI is InChI=1S/C18H26N4OS/c1-5-19-18(21-12-17-22-13(2)14(3)24-17)20-11-16(23-4)15-9-7-6-8-10-15/h6-10,16H,5,11-12H2,1-4H3,(H2,19,20,21). The molecule has 0 aliphatic carbocycles. The molecule has 0 bridgehead atoms. The molecule has 0 spiro atoms. The first-order chi connectivity index (χ1) is 11.6. The first-order valence-electron chi connectivity index (χ1n) is 8.16. The van der Waals surface area contributed by atoms with Crippen LogP contribution in [0.4, 0.5) is 0 Å². The summed E-state index contributed by atoms with van der Waals surface area (Å²) in [6.45, 7) is 8.23. The molecule has 0 radical (unpaired) electrons. The van der Waals surface area contributed by atoms with E-state index in [9.17, 15) is 0 Å². The number of ether oxygens (including phenoxy) is 1. The topological polar surface area (TPSA) is 58.5 Å². The second kappa shape index (κ2) is 9.39. The first-order valence-corrected chi connectivity index (χ1v) is 8.98. The number of methoxy groups -OCH3 is 1. The Balaban J connectivity index is 1.98. The third-order valence-corrected chi connectivity index (χ3v) is 4.76. The minimum Gasteiger partial charge on any atom is -0.375 e. The van der Waals surface area contributed by atoms with E-state index < -0.39 is 0 Å². The molecule has 1 heterocycles. The molecular formula is C18H26N4OS. The highest BCUT2D eigenvalue weighted by Gasteiger charge is 2.11. The number of guanidine groups is 1. The number of nitrogens with one attached hydrogen (secondary N) is 2. The molecule has 2 N–H and O–H groups in total. The monoisotopic (exact) mass is 346 g/mol. The molecule has 130 valence electrons. The Morgan fingerprint density at radius 1 is 1.25 bits per heavy atom. The smallest absolute Gasteiger partial charge is 0.191 e. The second-order valence-corrected chi connectivity index (χ2v) is 6.75. The molecular weight excluding hydrogens is 320 g/mol. The van der Waals surface area contributed by atoms with E-state index in [1.54, 1.807) is 18.4 Å². The maximum atomic E-state index is 5.59. The fourth-order valence-corrected chi connectivity index (χ4v) is 3.15. The summed E-state index contributed by atoms with van der Waals surface area (Å²) < 4.78 is 5.59. The van der Waals surface area contributed by atoms with Gasteiger partial charge >= 0.3 is 0 Å². The van der Waals surface area contributed by atoms with Gasteiger partial charge in [-0.15, -0.1) is 11.3 Å². The summed E-state index contributed by atoms with van der Waals surface area (Å²) in [4.78, 5) is 10.4. The average molecular weight is 347 g/mol. The maximum absolute atomic E-state index is 5.59. The van der Waals surface area contributed by atoms with Crippen molar-refractivity contribution in [3.05, 3.63) is 51.5 Å². The summed E-state index contributed by atoms with van der Waals surface area (Å²) in [5.74, 6) is 0.779. The van der Waals surface area contributed by atoms with Crippen molar-refractivity contribution in [2.45, 2.75) is 33.4 Å². The molecule has 0 amide bonds. The van der Waals surface area contributed by atoms with Crippen LogP contribution in [-0.4, -0.2) is 31.1 Å². The van der Waals surface area contributed by atoms with Gasteiger partial charge in [-0.2, -0.15) is 0 Å². The lowest BCUT2D eigenvalue weighted by atomic mass is 10.1. The molecule has 0 aliphatic rings. The minimum absolute atomic E-state index is 0.0144. The van der Waals surface area contributed by atoms with Gasteiger partial charge in [0.15, 0.2) is 5.96 Å². The number of rotatable bonds is 7. The lowest BCUT2D eigenvalue weighted by Gasteiger charge is -2.18. The minimum atomic E-state index is -0.0144. The fourth-order valence-electron chi connectivity index (χ4n) is 2.29. The molecule has 1 unspecified atom stereocenters. The Hall–Kier alpha value is -1.92. The number of benzene rings is 1. The zero-order valence-corrected chi connectivity index (χ0v) is 15.6. The molecule has 1 aromatic carbocycles.